The van der Waals surface area contributed by atoms with Crippen molar-refractivity contribution >= 4 is 0 Å². The summed E-state index contributed by atoms with van der Waals surface area (Å²) in [4.78, 5) is 0. The molecule has 4 heteroatoms. The maximum atomic E-state index is 10.1. The van der Waals surface area contributed by atoms with Crippen LogP contribution in [0.4, 0.5) is 0 Å². The van der Waals surface area contributed by atoms with E-state index in [1.54, 1.807) is 0 Å². The van der Waals surface area contributed by atoms with Gasteiger partial charge in [0.15, 0.2) is 0 Å². The predicted octanol–water partition coefficient (Wildman–Crippen LogP) is -1.28. The maximum absolute atomic E-state index is 10.1. The monoisotopic (exact) mass is 133 g/mol. The number of hydrogen-bond donors (Lipinski definition) is 2. The van der Waals surface area contributed by atoms with E-state index in [1.165, 1.54) is 0 Å². The Morgan fingerprint density at radius 1 is 1.44 bits per heavy atom. The number of rotatable bonds is 5. The molecule has 1 radical (unpaired) electrons. The average molecular weight is 133 g/mol. The van der Waals surface area contributed by atoms with Gasteiger partial charge in [0.05, 0.1) is 12.7 Å². The highest BCUT2D eigenvalue weighted by Gasteiger charge is 2.03. The van der Waals surface area contributed by atoms with E-state index in [0.29, 0.717) is 13.2 Å². The molecule has 0 saturated carbocycles. The Kier molecular flexibility index (Phi) is 5.86. The van der Waals surface area contributed by atoms with Crippen molar-refractivity contribution in [2.24, 2.45) is 11.5 Å². The molecular weight excluding hydrogens is 120 g/mol. The lowest BCUT2D eigenvalue weighted by Crippen LogP contribution is -2.28. The highest BCUT2D eigenvalue weighted by Crippen LogP contribution is 1.85. The van der Waals surface area contributed by atoms with Gasteiger partial charge >= 0.3 is 0 Å². The van der Waals surface area contributed by atoms with Crippen molar-refractivity contribution in [2.75, 3.05) is 26.3 Å². The Morgan fingerprint density at radius 2 is 2.11 bits per heavy atom. The highest BCUT2D eigenvalue weighted by atomic mass is 16.5. The van der Waals surface area contributed by atoms with E-state index in [9.17, 15) is 5.11 Å². The van der Waals surface area contributed by atoms with Crippen molar-refractivity contribution in [2.45, 2.75) is 6.10 Å². The summed E-state index contributed by atoms with van der Waals surface area (Å²) in [6.07, 6.45) is -0.353. The Hall–Kier alpha value is -0.160. The third kappa shape index (κ3) is 4.35. The summed E-state index contributed by atoms with van der Waals surface area (Å²) in [7, 11) is 0. The third-order valence-electron chi connectivity index (χ3n) is 0.920. The predicted molar refractivity (Wildman–Crippen MR) is 33.4 cm³/mol. The first-order chi connectivity index (χ1) is 4.35. The van der Waals surface area contributed by atoms with Crippen LogP contribution in [0.3, 0.4) is 0 Å². The first-order valence-electron chi connectivity index (χ1n) is 2.95. The van der Waals surface area contributed by atoms with Crippen LogP contribution in [0.25, 0.3) is 0 Å². The van der Waals surface area contributed by atoms with Gasteiger partial charge in [-0.1, -0.05) is 0 Å². The van der Waals surface area contributed by atoms with Crippen LogP contribution >= 0.6 is 0 Å². The molecule has 0 aromatic carbocycles. The molecule has 0 rings (SSSR count). The van der Waals surface area contributed by atoms with Crippen LogP contribution in [0.15, 0.2) is 0 Å². The third-order valence-corrected chi connectivity index (χ3v) is 0.920. The Balaban J connectivity index is 3.09. The molecule has 1 atom stereocenters. The Labute approximate surface area is 54.8 Å². The second kappa shape index (κ2) is 5.97. The first-order valence-corrected chi connectivity index (χ1v) is 2.95. The van der Waals surface area contributed by atoms with E-state index in [0.717, 1.165) is 0 Å². The molecule has 0 amide bonds. The largest absolute Gasteiger partial charge is 0.373 e. The van der Waals surface area contributed by atoms with Crippen molar-refractivity contribution in [3.63, 3.8) is 0 Å². The highest BCUT2D eigenvalue weighted by molar-refractivity contribution is 4.54. The fraction of sp³-hybridized carbons (Fsp3) is 1.00. The normalized spacial score (nSPS) is 13.7. The fourth-order valence-corrected chi connectivity index (χ4v) is 0.419. The van der Waals surface area contributed by atoms with Gasteiger partial charge in [-0.15, -0.1) is 0 Å². The molecule has 0 saturated heterocycles. The molecule has 9 heavy (non-hydrogen) atoms. The molecule has 0 bridgehead atoms. The summed E-state index contributed by atoms with van der Waals surface area (Å²) in [5, 5.41) is 10.1. The summed E-state index contributed by atoms with van der Waals surface area (Å²) < 4.78 is 4.93. The molecule has 4 nitrogen and oxygen atoms in total. The Bertz CT molecular complexity index is 56.9. The van der Waals surface area contributed by atoms with Gasteiger partial charge in [0, 0.05) is 13.1 Å². The van der Waals surface area contributed by atoms with Gasteiger partial charge in [0.1, 0.15) is 6.61 Å². The molecule has 4 N–H and O–H groups in total. The van der Waals surface area contributed by atoms with E-state index in [-0.39, 0.29) is 19.3 Å². The van der Waals surface area contributed by atoms with Crippen molar-refractivity contribution in [1.29, 1.82) is 0 Å². The summed E-state index contributed by atoms with van der Waals surface area (Å²) >= 11 is 0. The molecule has 0 spiro atoms. The van der Waals surface area contributed by atoms with E-state index in [1.807, 2.05) is 0 Å². The van der Waals surface area contributed by atoms with Crippen LogP contribution in [0.5, 0.6) is 0 Å². The SMILES string of the molecule is NCCOC(CN)C[O]. The zero-order valence-corrected chi connectivity index (χ0v) is 5.38. The number of nitrogens with two attached hydrogens (primary N) is 2. The lowest BCUT2D eigenvalue weighted by molar-refractivity contribution is 0.000291. The molecule has 0 fully saturated rings. The minimum atomic E-state index is -0.353. The van der Waals surface area contributed by atoms with Crippen LogP contribution in [-0.2, 0) is 9.84 Å². The maximum Gasteiger partial charge on any atom is 0.110 e. The molecule has 0 aromatic rings. The number of hydrogen-bond acceptors (Lipinski definition) is 3. The smallest absolute Gasteiger partial charge is 0.110 e. The summed E-state index contributed by atoms with van der Waals surface area (Å²) in [6, 6.07) is 0. The van der Waals surface area contributed by atoms with E-state index < -0.39 is 0 Å². The van der Waals surface area contributed by atoms with Crippen LogP contribution in [0.2, 0.25) is 0 Å². The van der Waals surface area contributed by atoms with Crippen LogP contribution in [0, 0.1) is 0 Å². The van der Waals surface area contributed by atoms with Gasteiger partial charge in [0.2, 0.25) is 0 Å². The van der Waals surface area contributed by atoms with E-state index >= 15 is 0 Å². The fourth-order valence-electron chi connectivity index (χ4n) is 0.419. The molecule has 0 aromatic heterocycles. The van der Waals surface area contributed by atoms with Gasteiger partial charge in [-0.3, -0.25) is 0 Å². The zero-order valence-electron chi connectivity index (χ0n) is 5.38. The molecule has 55 valence electrons. The van der Waals surface area contributed by atoms with Crippen LogP contribution in [-0.4, -0.2) is 32.4 Å². The minimum Gasteiger partial charge on any atom is -0.373 e. The summed E-state index contributed by atoms with van der Waals surface area (Å²) in [6.45, 7) is 0.862. The molecule has 0 aliphatic heterocycles. The van der Waals surface area contributed by atoms with Crippen molar-refractivity contribution in [1.82, 2.24) is 0 Å². The first kappa shape index (κ1) is 8.84. The van der Waals surface area contributed by atoms with Gasteiger partial charge in [-0.25, -0.2) is 5.11 Å². The van der Waals surface area contributed by atoms with Gasteiger partial charge in [0.25, 0.3) is 0 Å². The van der Waals surface area contributed by atoms with Crippen molar-refractivity contribution in [3.05, 3.63) is 0 Å². The summed E-state index contributed by atoms with van der Waals surface area (Å²) in [5.41, 5.74) is 10.3. The Morgan fingerprint density at radius 3 is 2.44 bits per heavy atom. The quantitative estimate of drug-likeness (QED) is 0.490. The van der Waals surface area contributed by atoms with Crippen molar-refractivity contribution < 1.29 is 9.84 Å². The molecule has 0 aliphatic rings. The standard InChI is InChI=1S/C5H13N2O2/c6-1-2-9-5(3-7)4-8/h5H,1-4,6-7H2. The number of ether oxygens (including phenoxy) is 1. The average Bonchev–Trinajstić information content (AvgIpc) is 1.91. The molecule has 0 heterocycles. The second-order valence-electron chi connectivity index (χ2n) is 1.68. The van der Waals surface area contributed by atoms with Gasteiger partial charge in [-0.05, 0) is 0 Å². The van der Waals surface area contributed by atoms with Crippen LogP contribution in [0.1, 0.15) is 0 Å². The second-order valence-corrected chi connectivity index (χ2v) is 1.68. The van der Waals surface area contributed by atoms with Gasteiger partial charge in [-0.2, -0.15) is 0 Å². The minimum absolute atomic E-state index is 0.281. The molecular formula is C5H13N2O2. The molecule has 0 aliphatic carbocycles. The van der Waals surface area contributed by atoms with Crippen molar-refractivity contribution in [3.8, 4) is 0 Å². The lowest BCUT2D eigenvalue weighted by atomic mass is 10.4. The molecule has 1 unspecified atom stereocenters. The summed E-state index contributed by atoms with van der Waals surface area (Å²) in [5.74, 6) is 0. The lowest BCUT2D eigenvalue weighted by Gasteiger charge is -2.09. The van der Waals surface area contributed by atoms with Gasteiger partial charge < -0.3 is 16.2 Å². The topological polar surface area (TPSA) is 81.2 Å². The van der Waals surface area contributed by atoms with E-state index in [4.69, 9.17) is 16.2 Å². The van der Waals surface area contributed by atoms with E-state index in [2.05, 4.69) is 0 Å². The van der Waals surface area contributed by atoms with Crippen LogP contribution < -0.4 is 11.5 Å². The zero-order chi connectivity index (χ0) is 7.11.